The van der Waals surface area contributed by atoms with Crippen LogP contribution in [0.4, 0.5) is 18.9 Å². The summed E-state index contributed by atoms with van der Waals surface area (Å²) in [5.74, 6) is -1.08. The van der Waals surface area contributed by atoms with Gasteiger partial charge in [0.05, 0.1) is 21.2 Å². The van der Waals surface area contributed by atoms with E-state index in [2.05, 4.69) is 5.32 Å². The SMILES string of the molecule is CC[C@@H](C(=O)NCC(C)C)N(Cc1ccccc1)C(=O)CN(c1cc(C(F)(F)F)ccc1Cl)S(=O)(=O)c1ccccc1. The molecule has 226 valence electrons. The van der Waals surface area contributed by atoms with Gasteiger partial charge in [-0.15, -0.1) is 0 Å². The van der Waals surface area contributed by atoms with Crippen molar-refractivity contribution >= 4 is 39.1 Å². The fourth-order valence-corrected chi connectivity index (χ4v) is 5.95. The first-order valence-electron chi connectivity index (χ1n) is 13.3. The highest BCUT2D eigenvalue weighted by molar-refractivity contribution is 7.92. The van der Waals surface area contributed by atoms with Crippen LogP contribution in [0.5, 0.6) is 0 Å². The fraction of sp³-hybridized carbons (Fsp3) is 0.333. The molecule has 0 aromatic heterocycles. The monoisotopic (exact) mass is 623 g/mol. The summed E-state index contributed by atoms with van der Waals surface area (Å²) in [4.78, 5) is 28.2. The predicted molar refractivity (Wildman–Crippen MR) is 156 cm³/mol. The molecule has 0 aliphatic heterocycles. The number of sulfonamides is 1. The second kappa shape index (κ2) is 14.1. The molecule has 1 atom stereocenters. The van der Waals surface area contributed by atoms with E-state index in [1.165, 1.54) is 29.2 Å². The summed E-state index contributed by atoms with van der Waals surface area (Å²) in [5.41, 5.74) is -0.973. The zero-order valence-electron chi connectivity index (χ0n) is 23.4. The second-order valence-corrected chi connectivity index (χ2v) is 12.3. The van der Waals surface area contributed by atoms with Crippen LogP contribution in [-0.2, 0) is 32.3 Å². The van der Waals surface area contributed by atoms with E-state index >= 15 is 0 Å². The third-order valence-electron chi connectivity index (χ3n) is 6.42. The average molecular weight is 624 g/mol. The predicted octanol–water partition coefficient (Wildman–Crippen LogP) is 6.13. The van der Waals surface area contributed by atoms with E-state index in [9.17, 15) is 31.2 Å². The molecule has 0 saturated carbocycles. The highest BCUT2D eigenvalue weighted by Gasteiger charge is 2.37. The molecule has 3 aromatic rings. The van der Waals surface area contributed by atoms with E-state index in [-0.39, 0.29) is 28.8 Å². The number of carbonyl (C=O) groups is 2. The third-order valence-corrected chi connectivity index (χ3v) is 8.51. The highest BCUT2D eigenvalue weighted by atomic mass is 35.5. The van der Waals surface area contributed by atoms with Crippen LogP contribution in [0, 0.1) is 5.92 Å². The molecule has 7 nitrogen and oxygen atoms in total. The summed E-state index contributed by atoms with van der Waals surface area (Å²) in [7, 11) is -4.58. The van der Waals surface area contributed by atoms with Crippen molar-refractivity contribution in [2.45, 2.75) is 50.9 Å². The molecule has 0 spiro atoms. The number of alkyl halides is 3. The van der Waals surface area contributed by atoms with E-state index in [1.807, 2.05) is 13.8 Å². The molecule has 0 aliphatic carbocycles. The van der Waals surface area contributed by atoms with Crippen molar-refractivity contribution in [2.75, 3.05) is 17.4 Å². The smallest absolute Gasteiger partial charge is 0.354 e. The number of hydrogen-bond donors (Lipinski definition) is 1. The van der Waals surface area contributed by atoms with Gasteiger partial charge in [0.15, 0.2) is 0 Å². The van der Waals surface area contributed by atoms with Crippen molar-refractivity contribution in [3.05, 3.63) is 95.0 Å². The maximum absolute atomic E-state index is 14.0. The third kappa shape index (κ3) is 8.25. The molecular formula is C30H33ClF3N3O4S. The molecule has 0 fully saturated rings. The van der Waals surface area contributed by atoms with Gasteiger partial charge in [0.1, 0.15) is 12.6 Å². The minimum absolute atomic E-state index is 0.0389. The standard InChI is InChI=1S/C30H33ClF3N3O4S/c1-4-26(29(39)35-18-21(2)3)36(19-22-11-7-5-8-12-22)28(38)20-37(42(40,41)24-13-9-6-10-14-24)27-17-23(30(32,33)34)15-16-25(27)31/h5-17,21,26H,4,18-20H2,1-3H3,(H,35,39)/t26-/m0/s1. The molecule has 0 saturated heterocycles. The molecule has 12 heteroatoms. The Balaban J connectivity index is 2.12. The first-order chi connectivity index (χ1) is 19.8. The molecule has 0 bridgehead atoms. The molecule has 0 unspecified atom stereocenters. The van der Waals surface area contributed by atoms with Crippen LogP contribution < -0.4 is 9.62 Å². The first kappa shape index (κ1) is 32.9. The lowest BCUT2D eigenvalue weighted by Gasteiger charge is -2.33. The Morgan fingerprint density at radius 2 is 1.55 bits per heavy atom. The molecular weight excluding hydrogens is 591 g/mol. The van der Waals surface area contributed by atoms with Gasteiger partial charge in [-0.1, -0.05) is 80.9 Å². The van der Waals surface area contributed by atoms with E-state index in [0.29, 0.717) is 22.5 Å². The Hall–Kier alpha value is -3.57. The van der Waals surface area contributed by atoms with Gasteiger partial charge in [0.2, 0.25) is 11.8 Å². The van der Waals surface area contributed by atoms with Crippen molar-refractivity contribution in [1.29, 1.82) is 0 Å². The van der Waals surface area contributed by atoms with Crippen LogP contribution >= 0.6 is 11.6 Å². The second-order valence-electron chi connectivity index (χ2n) is 10.1. The van der Waals surface area contributed by atoms with Gasteiger partial charge in [-0.2, -0.15) is 13.2 Å². The summed E-state index contributed by atoms with van der Waals surface area (Å²) in [5, 5.41) is 2.52. The molecule has 2 amide bonds. The Bertz CT molecular complexity index is 1470. The van der Waals surface area contributed by atoms with Crippen LogP contribution in [-0.4, -0.2) is 44.3 Å². The van der Waals surface area contributed by atoms with E-state index in [0.717, 1.165) is 12.1 Å². The van der Waals surface area contributed by atoms with Crippen LogP contribution in [0.25, 0.3) is 0 Å². The van der Waals surface area contributed by atoms with Crippen LogP contribution in [0.2, 0.25) is 5.02 Å². The Labute approximate surface area is 249 Å². The highest BCUT2D eigenvalue weighted by Crippen LogP contribution is 2.37. The van der Waals surface area contributed by atoms with Gasteiger partial charge >= 0.3 is 6.18 Å². The molecule has 3 aromatic carbocycles. The zero-order valence-corrected chi connectivity index (χ0v) is 25.0. The summed E-state index contributed by atoms with van der Waals surface area (Å²) in [6.07, 6.45) is -4.59. The Morgan fingerprint density at radius 3 is 2.10 bits per heavy atom. The topological polar surface area (TPSA) is 86.8 Å². The summed E-state index contributed by atoms with van der Waals surface area (Å²) >= 11 is 6.28. The minimum Gasteiger partial charge on any atom is -0.354 e. The maximum atomic E-state index is 14.0. The average Bonchev–Trinajstić information content (AvgIpc) is 2.95. The minimum atomic E-state index is -4.80. The normalized spacial score (nSPS) is 12.6. The molecule has 0 aliphatic rings. The number of rotatable bonds is 12. The number of amides is 2. The van der Waals surface area contributed by atoms with Crippen LogP contribution in [0.15, 0.2) is 83.8 Å². The number of nitrogens with zero attached hydrogens (tertiary/aromatic N) is 2. The first-order valence-corrected chi connectivity index (χ1v) is 15.1. The van der Waals surface area contributed by atoms with Crippen LogP contribution in [0.3, 0.4) is 0 Å². The van der Waals surface area contributed by atoms with Gasteiger partial charge in [-0.3, -0.25) is 13.9 Å². The van der Waals surface area contributed by atoms with Crippen molar-refractivity contribution in [3.8, 4) is 0 Å². The largest absolute Gasteiger partial charge is 0.416 e. The Morgan fingerprint density at radius 1 is 0.952 bits per heavy atom. The quantitative estimate of drug-likeness (QED) is 0.263. The van der Waals surface area contributed by atoms with Gasteiger partial charge in [0.25, 0.3) is 10.0 Å². The molecule has 3 rings (SSSR count). The van der Waals surface area contributed by atoms with Gasteiger partial charge in [-0.05, 0) is 48.2 Å². The van der Waals surface area contributed by atoms with E-state index < -0.39 is 51.9 Å². The van der Waals surface area contributed by atoms with Crippen molar-refractivity contribution < 1.29 is 31.2 Å². The number of halogens is 4. The van der Waals surface area contributed by atoms with E-state index in [4.69, 9.17) is 11.6 Å². The number of nitrogens with one attached hydrogen (secondary N) is 1. The van der Waals surface area contributed by atoms with Gasteiger partial charge in [-0.25, -0.2) is 8.42 Å². The summed E-state index contributed by atoms with van der Waals surface area (Å²) < 4.78 is 69.2. The van der Waals surface area contributed by atoms with Crippen molar-refractivity contribution in [1.82, 2.24) is 10.2 Å². The fourth-order valence-electron chi connectivity index (χ4n) is 4.24. The number of hydrogen-bond acceptors (Lipinski definition) is 4. The van der Waals surface area contributed by atoms with Crippen LogP contribution in [0.1, 0.15) is 38.3 Å². The summed E-state index contributed by atoms with van der Waals surface area (Å²) in [6.45, 7) is 4.96. The summed E-state index contributed by atoms with van der Waals surface area (Å²) in [6, 6.07) is 17.1. The van der Waals surface area contributed by atoms with Crippen molar-refractivity contribution in [2.24, 2.45) is 5.92 Å². The maximum Gasteiger partial charge on any atom is 0.416 e. The zero-order chi connectivity index (χ0) is 31.1. The van der Waals surface area contributed by atoms with Gasteiger partial charge < -0.3 is 10.2 Å². The Kier molecular flexibility index (Phi) is 11.0. The van der Waals surface area contributed by atoms with Crippen molar-refractivity contribution in [3.63, 3.8) is 0 Å². The number of carbonyl (C=O) groups excluding carboxylic acids is 2. The lowest BCUT2D eigenvalue weighted by atomic mass is 10.1. The lowest BCUT2D eigenvalue weighted by molar-refractivity contribution is -0.140. The van der Waals surface area contributed by atoms with E-state index in [1.54, 1.807) is 43.3 Å². The molecule has 0 heterocycles. The molecule has 0 radical (unpaired) electrons. The number of anilines is 1. The number of benzene rings is 3. The lowest BCUT2D eigenvalue weighted by Crippen LogP contribution is -2.52. The molecule has 42 heavy (non-hydrogen) atoms. The van der Waals surface area contributed by atoms with Gasteiger partial charge in [0, 0.05) is 13.1 Å². The molecule has 1 N–H and O–H groups in total.